The summed E-state index contributed by atoms with van der Waals surface area (Å²) in [7, 11) is 1.41. The maximum absolute atomic E-state index is 12.2. The largest absolute Gasteiger partial charge is 0.493 e. The molecule has 0 bridgehead atoms. The first kappa shape index (κ1) is 22.6. The van der Waals surface area contributed by atoms with E-state index in [1.807, 2.05) is 0 Å². The molecule has 0 aromatic heterocycles. The van der Waals surface area contributed by atoms with Crippen LogP contribution in [-0.2, 0) is 14.3 Å². The molecule has 30 heavy (non-hydrogen) atoms. The zero-order chi connectivity index (χ0) is 22.3. The van der Waals surface area contributed by atoms with E-state index in [2.05, 4.69) is 5.32 Å². The van der Waals surface area contributed by atoms with Crippen LogP contribution in [0.25, 0.3) is 0 Å². The van der Waals surface area contributed by atoms with Crippen LogP contribution in [0.1, 0.15) is 41.5 Å². The van der Waals surface area contributed by atoms with E-state index in [9.17, 15) is 19.2 Å². The molecule has 0 aliphatic rings. The van der Waals surface area contributed by atoms with E-state index in [0.717, 1.165) is 0 Å². The summed E-state index contributed by atoms with van der Waals surface area (Å²) in [5, 5.41) is 2.59. The maximum Gasteiger partial charge on any atom is 0.344 e. The first-order chi connectivity index (χ1) is 14.2. The van der Waals surface area contributed by atoms with Crippen molar-refractivity contribution in [2.24, 2.45) is 0 Å². The molecule has 2 rings (SSSR count). The summed E-state index contributed by atoms with van der Waals surface area (Å²) in [6.07, 6.45) is -1.08. The second-order valence-corrected chi connectivity index (χ2v) is 6.47. The van der Waals surface area contributed by atoms with Crippen molar-refractivity contribution in [2.75, 3.05) is 19.0 Å². The minimum absolute atomic E-state index is 0.130. The van der Waals surface area contributed by atoms with Crippen molar-refractivity contribution < 1.29 is 33.4 Å². The van der Waals surface area contributed by atoms with E-state index in [0.29, 0.717) is 22.6 Å². The van der Waals surface area contributed by atoms with Crippen LogP contribution in [0.2, 0.25) is 0 Å². The molecule has 0 aliphatic heterocycles. The second-order valence-electron chi connectivity index (χ2n) is 6.47. The van der Waals surface area contributed by atoms with E-state index in [-0.39, 0.29) is 17.3 Å². The monoisotopic (exact) mass is 413 g/mol. The third-order valence-electron chi connectivity index (χ3n) is 4.13. The molecule has 0 unspecified atom stereocenters. The molecule has 1 N–H and O–H groups in total. The summed E-state index contributed by atoms with van der Waals surface area (Å²) in [5.41, 5.74) is 1.32. The number of amides is 1. The van der Waals surface area contributed by atoms with Gasteiger partial charge < -0.3 is 19.5 Å². The molecule has 0 saturated heterocycles. The normalized spacial score (nSPS) is 11.2. The van der Waals surface area contributed by atoms with Gasteiger partial charge in [-0.3, -0.25) is 14.4 Å². The second kappa shape index (κ2) is 10.2. The number of Topliss-reactive ketones (excluding diaryl/α,β-unsaturated/α-hetero) is 2. The van der Waals surface area contributed by atoms with Gasteiger partial charge >= 0.3 is 5.97 Å². The van der Waals surface area contributed by atoms with E-state index in [1.165, 1.54) is 46.1 Å². The number of rotatable bonds is 9. The molecule has 1 amide bonds. The number of hydrogen-bond acceptors (Lipinski definition) is 7. The average molecular weight is 413 g/mol. The Balaban J connectivity index is 1.91. The summed E-state index contributed by atoms with van der Waals surface area (Å²) in [6, 6.07) is 11.0. The molecule has 0 heterocycles. The highest BCUT2D eigenvalue weighted by Crippen LogP contribution is 2.28. The molecule has 0 radical (unpaired) electrons. The van der Waals surface area contributed by atoms with Crippen LogP contribution >= 0.6 is 0 Å². The van der Waals surface area contributed by atoms with Crippen LogP contribution in [0.5, 0.6) is 11.5 Å². The molecule has 0 aliphatic carbocycles. The first-order valence-electron chi connectivity index (χ1n) is 9.14. The molecule has 158 valence electrons. The van der Waals surface area contributed by atoms with Crippen molar-refractivity contribution in [2.45, 2.75) is 26.9 Å². The predicted molar refractivity (Wildman–Crippen MR) is 109 cm³/mol. The van der Waals surface area contributed by atoms with Gasteiger partial charge in [0.15, 0.2) is 35.8 Å². The van der Waals surface area contributed by atoms with E-state index >= 15 is 0 Å². The lowest BCUT2D eigenvalue weighted by Gasteiger charge is -2.15. The summed E-state index contributed by atoms with van der Waals surface area (Å²) >= 11 is 0. The van der Waals surface area contributed by atoms with Gasteiger partial charge in [0.2, 0.25) is 0 Å². The van der Waals surface area contributed by atoms with Gasteiger partial charge in [0.25, 0.3) is 5.91 Å². The van der Waals surface area contributed by atoms with E-state index in [1.54, 1.807) is 24.3 Å². The fourth-order valence-electron chi connectivity index (χ4n) is 2.49. The Hall–Kier alpha value is -3.68. The minimum Gasteiger partial charge on any atom is -0.493 e. The standard InChI is InChI=1S/C22H23NO7/c1-13(24)16-6-5-7-18(10-16)23-22(27)15(3)30-21(26)12-29-19-9-8-17(14(2)25)11-20(19)28-4/h5-11,15H,12H2,1-4H3,(H,23,27)/t15-/m0/s1. The Morgan fingerprint density at radius 2 is 1.60 bits per heavy atom. The van der Waals surface area contributed by atoms with Crippen molar-refractivity contribution in [1.29, 1.82) is 0 Å². The average Bonchev–Trinajstić information content (AvgIpc) is 2.72. The molecule has 2 aromatic rings. The van der Waals surface area contributed by atoms with Gasteiger partial charge in [-0.1, -0.05) is 12.1 Å². The van der Waals surface area contributed by atoms with Gasteiger partial charge in [0.05, 0.1) is 7.11 Å². The number of carbonyl (C=O) groups is 4. The number of ether oxygens (including phenoxy) is 3. The number of nitrogens with one attached hydrogen (secondary N) is 1. The Kier molecular flexibility index (Phi) is 7.69. The number of methoxy groups -OCH3 is 1. The number of anilines is 1. The third-order valence-corrected chi connectivity index (χ3v) is 4.13. The molecule has 8 nitrogen and oxygen atoms in total. The zero-order valence-electron chi connectivity index (χ0n) is 17.2. The van der Waals surface area contributed by atoms with E-state index in [4.69, 9.17) is 14.2 Å². The predicted octanol–water partition coefficient (Wildman–Crippen LogP) is 3.05. The van der Waals surface area contributed by atoms with Gasteiger partial charge in [0.1, 0.15) is 0 Å². The van der Waals surface area contributed by atoms with Gasteiger partial charge in [-0.25, -0.2) is 4.79 Å². The number of benzene rings is 2. The minimum atomic E-state index is -1.08. The Morgan fingerprint density at radius 1 is 0.933 bits per heavy atom. The summed E-state index contributed by atoms with van der Waals surface area (Å²) in [6.45, 7) is 3.82. The van der Waals surface area contributed by atoms with Crippen LogP contribution in [-0.4, -0.2) is 43.3 Å². The lowest BCUT2D eigenvalue weighted by molar-refractivity contribution is -0.155. The highest BCUT2D eigenvalue weighted by atomic mass is 16.6. The first-order valence-corrected chi connectivity index (χ1v) is 9.14. The summed E-state index contributed by atoms with van der Waals surface area (Å²) < 4.78 is 15.6. The number of ketones is 2. The van der Waals surface area contributed by atoms with Crippen molar-refractivity contribution in [1.82, 2.24) is 0 Å². The number of hydrogen-bond donors (Lipinski definition) is 1. The maximum atomic E-state index is 12.2. The Bertz CT molecular complexity index is 968. The van der Waals surface area contributed by atoms with Crippen molar-refractivity contribution in [3.8, 4) is 11.5 Å². The van der Waals surface area contributed by atoms with Gasteiger partial charge in [0, 0.05) is 16.8 Å². The van der Waals surface area contributed by atoms with Crippen LogP contribution in [0.15, 0.2) is 42.5 Å². The quantitative estimate of drug-likeness (QED) is 0.497. The zero-order valence-corrected chi connectivity index (χ0v) is 17.2. The fraction of sp³-hybridized carbons (Fsp3) is 0.273. The Morgan fingerprint density at radius 3 is 2.23 bits per heavy atom. The Labute approximate surface area is 174 Å². The van der Waals surface area contributed by atoms with E-state index < -0.39 is 24.6 Å². The van der Waals surface area contributed by atoms with Gasteiger partial charge in [-0.15, -0.1) is 0 Å². The molecule has 2 aromatic carbocycles. The highest BCUT2D eigenvalue weighted by Gasteiger charge is 2.19. The van der Waals surface area contributed by atoms with Crippen molar-refractivity contribution >= 4 is 29.1 Å². The van der Waals surface area contributed by atoms with Crippen molar-refractivity contribution in [3.05, 3.63) is 53.6 Å². The molecular formula is C22H23NO7. The van der Waals surface area contributed by atoms with Gasteiger partial charge in [-0.2, -0.15) is 0 Å². The SMILES string of the molecule is COc1cc(C(C)=O)ccc1OCC(=O)O[C@@H](C)C(=O)Nc1cccc(C(C)=O)c1. The number of carbonyl (C=O) groups excluding carboxylic acids is 4. The molecule has 0 fully saturated rings. The third kappa shape index (κ3) is 6.16. The lowest BCUT2D eigenvalue weighted by atomic mass is 10.1. The van der Waals surface area contributed by atoms with Crippen LogP contribution < -0.4 is 14.8 Å². The molecule has 8 heteroatoms. The number of esters is 1. The topological polar surface area (TPSA) is 108 Å². The van der Waals surface area contributed by atoms with Crippen LogP contribution in [0.3, 0.4) is 0 Å². The van der Waals surface area contributed by atoms with Crippen LogP contribution in [0, 0.1) is 0 Å². The fourth-order valence-corrected chi connectivity index (χ4v) is 2.49. The lowest BCUT2D eigenvalue weighted by Crippen LogP contribution is -2.31. The smallest absolute Gasteiger partial charge is 0.344 e. The molecule has 1 atom stereocenters. The summed E-state index contributed by atoms with van der Waals surface area (Å²) in [5.74, 6) is -1.01. The van der Waals surface area contributed by atoms with Crippen LogP contribution in [0.4, 0.5) is 5.69 Å². The van der Waals surface area contributed by atoms with Crippen molar-refractivity contribution in [3.63, 3.8) is 0 Å². The summed E-state index contributed by atoms with van der Waals surface area (Å²) in [4.78, 5) is 47.1. The highest BCUT2D eigenvalue weighted by molar-refractivity contribution is 5.98. The molecule has 0 saturated carbocycles. The van der Waals surface area contributed by atoms with Gasteiger partial charge in [-0.05, 0) is 51.1 Å². The molecular weight excluding hydrogens is 390 g/mol. The molecule has 0 spiro atoms.